The van der Waals surface area contributed by atoms with Crippen molar-refractivity contribution in [2.45, 2.75) is 32.9 Å². The molecule has 2 heterocycles. The van der Waals surface area contributed by atoms with Crippen LogP contribution in [0.5, 0.6) is 5.75 Å². The molecule has 1 amide bonds. The number of halogens is 1. The number of sulfone groups is 1. The molecule has 1 atom stereocenters. The van der Waals surface area contributed by atoms with Gasteiger partial charge in [-0.15, -0.1) is 11.3 Å². The molecule has 8 heteroatoms. The van der Waals surface area contributed by atoms with E-state index in [4.69, 9.17) is 16.3 Å². The van der Waals surface area contributed by atoms with Crippen molar-refractivity contribution in [1.29, 1.82) is 0 Å². The fraction of sp³-hybridized carbons (Fsp3) is 0.421. The van der Waals surface area contributed by atoms with Crippen LogP contribution in [0.3, 0.4) is 0 Å². The third-order valence-corrected chi connectivity index (χ3v) is 7.86. The first kappa shape index (κ1) is 20.2. The Labute approximate surface area is 168 Å². The molecule has 3 rings (SSSR count). The summed E-state index contributed by atoms with van der Waals surface area (Å²) in [4.78, 5) is 15.5. The molecule has 1 aliphatic rings. The van der Waals surface area contributed by atoms with Crippen molar-refractivity contribution in [2.24, 2.45) is 0 Å². The smallest absolute Gasteiger partial charge is 0.261 e. The minimum atomic E-state index is -3.08. The summed E-state index contributed by atoms with van der Waals surface area (Å²) in [6.07, 6.45) is 0.471. The van der Waals surface area contributed by atoms with Crippen LogP contribution in [0.4, 0.5) is 0 Å². The highest BCUT2D eigenvalue weighted by atomic mass is 35.5. The topological polar surface area (TPSA) is 63.7 Å². The third-order valence-electron chi connectivity index (χ3n) is 4.65. The number of benzene rings is 1. The zero-order valence-electron chi connectivity index (χ0n) is 15.3. The maximum absolute atomic E-state index is 12.9. The van der Waals surface area contributed by atoms with Gasteiger partial charge in [-0.05, 0) is 55.0 Å². The molecule has 1 aromatic heterocycles. The molecule has 1 aliphatic heterocycles. The Hall–Kier alpha value is -1.57. The maximum Gasteiger partial charge on any atom is 0.261 e. The second-order valence-electron chi connectivity index (χ2n) is 6.82. The molecule has 146 valence electrons. The Bertz CT molecular complexity index is 902. The Morgan fingerprint density at radius 3 is 2.59 bits per heavy atom. The summed E-state index contributed by atoms with van der Waals surface area (Å²) in [5.74, 6) is 0.514. The van der Waals surface area contributed by atoms with Crippen molar-refractivity contribution in [2.75, 3.05) is 18.1 Å². The molecular formula is C19H22ClNO4S2. The van der Waals surface area contributed by atoms with Gasteiger partial charge in [0.2, 0.25) is 0 Å². The standard InChI is InChI=1S/C19H22ClNO4S2/c1-13-8-16(9-14(2)19(13)20)25-11-18(22)21(10-17-4-3-6-26-17)15-5-7-27(23,24)12-15/h3-4,6,8-9,15H,5,7,10-12H2,1-2H3/t15-/m0/s1. The lowest BCUT2D eigenvalue weighted by Gasteiger charge is -2.28. The predicted octanol–water partition coefficient (Wildman–Crippen LogP) is 3.61. The van der Waals surface area contributed by atoms with Crippen molar-refractivity contribution in [3.8, 4) is 5.75 Å². The number of rotatable bonds is 6. The molecule has 0 radical (unpaired) electrons. The third kappa shape index (κ3) is 5.03. The molecule has 0 bridgehead atoms. The number of hydrogen-bond donors (Lipinski definition) is 0. The number of nitrogens with zero attached hydrogens (tertiary/aromatic N) is 1. The van der Waals surface area contributed by atoms with E-state index < -0.39 is 9.84 Å². The summed E-state index contributed by atoms with van der Waals surface area (Å²) in [5.41, 5.74) is 1.77. The minimum absolute atomic E-state index is 0.0171. The summed E-state index contributed by atoms with van der Waals surface area (Å²) in [5, 5.41) is 2.63. The molecule has 1 aromatic carbocycles. The van der Waals surface area contributed by atoms with Crippen LogP contribution in [0.1, 0.15) is 22.4 Å². The van der Waals surface area contributed by atoms with Gasteiger partial charge in [-0.25, -0.2) is 8.42 Å². The summed E-state index contributed by atoms with van der Waals surface area (Å²) in [7, 11) is -3.08. The summed E-state index contributed by atoms with van der Waals surface area (Å²) in [6, 6.07) is 7.16. The Morgan fingerprint density at radius 2 is 2.04 bits per heavy atom. The summed E-state index contributed by atoms with van der Waals surface area (Å²) in [6.45, 7) is 4.04. The van der Waals surface area contributed by atoms with Gasteiger partial charge in [-0.2, -0.15) is 0 Å². The van der Waals surface area contributed by atoms with Gasteiger partial charge in [-0.3, -0.25) is 4.79 Å². The van der Waals surface area contributed by atoms with Gasteiger partial charge < -0.3 is 9.64 Å². The molecule has 2 aromatic rings. The largest absolute Gasteiger partial charge is 0.484 e. The van der Waals surface area contributed by atoms with Crippen LogP contribution in [-0.4, -0.2) is 43.4 Å². The van der Waals surface area contributed by atoms with E-state index in [9.17, 15) is 13.2 Å². The Kier molecular flexibility index (Phi) is 6.13. The number of carbonyl (C=O) groups is 1. The minimum Gasteiger partial charge on any atom is -0.484 e. The normalized spacial score (nSPS) is 18.4. The van der Waals surface area contributed by atoms with Crippen molar-refractivity contribution in [1.82, 2.24) is 4.90 Å². The fourth-order valence-electron chi connectivity index (χ4n) is 3.23. The van der Waals surface area contributed by atoms with Gasteiger partial charge in [0.15, 0.2) is 16.4 Å². The Morgan fingerprint density at radius 1 is 1.33 bits per heavy atom. The lowest BCUT2D eigenvalue weighted by atomic mass is 10.1. The second kappa shape index (κ2) is 8.20. The molecule has 27 heavy (non-hydrogen) atoms. The number of thiophene rings is 1. The van der Waals surface area contributed by atoms with E-state index in [0.29, 0.717) is 23.7 Å². The van der Waals surface area contributed by atoms with Crippen LogP contribution >= 0.6 is 22.9 Å². The molecule has 1 saturated heterocycles. The van der Waals surface area contributed by atoms with E-state index in [-0.39, 0.29) is 30.1 Å². The monoisotopic (exact) mass is 427 g/mol. The van der Waals surface area contributed by atoms with Gasteiger partial charge in [0.1, 0.15) is 5.75 Å². The molecular weight excluding hydrogens is 406 g/mol. The van der Waals surface area contributed by atoms with Crippen molar-refractivity contribution >= 4 is 38.7 Å². The van der Waals surface area contributed by atoms with Gasteiger partial charge in [-0.1, -0.05) is 17.7 Å². The van der Waals surface area contributed by atoms with Crippen LogP contribution < -0.4 is 4.74 Å². The van der Waals surface area contributed by atoms with Crippen molar-refractivity contribution < 1.29 is 17.9 Å². The summed E-state index contributed by atoms with van der Waals surface area (Å²) >= 11 is 7.72. The second-order valence-corrected chi connectivity index (χ2v) is 10.5. The highest BCUT2D eigenvalue weighted by Gasteiger charge is 2.35. The fourth-order valence-corrected chi connectivity index (χ4v) is 5.77. The predicted molar refractivity (Wildman–Crippen MR) is 108 cm³/mol. The van der Waals surface area contributed by atoms with E-state index in [1.54, 1.807) is 28.4 Å². The first-order valence-electron chi connectivity index (χ1n) is 8.67. The average Bonchev–Trinajstić information content (AvgIpc) is 3.24. The van der Waals surface area contributed by atoms with Crippen LogP contribution in [0.2, 0.25) is 5.02 Å². The lowest BCUT2D eigenvalue weighted by molar-refractivity contribution is -0.135. The molecule has 0 saturated carbocycles. The Balaban J connectivity index is 1.72. The van der Waals surface area contributed by atoms with E-state index in [1.807, 2.05) is 31.4 Å². The SMILES string of the molecule is Cc1cc(OCC(=O)N(Cc2cccs2)[C@H]2CCS(=O)(=O)C2)cc(C)c1Cl. The summed E-state index contributed by atoms with van der Waals surface area (Å²) < 4.78 is 29.5. The van der Waals surface area contributed by atoms with Crippen LogP contribution in [0.15, 0.2) is 29.6 Å². The van der Waals surface area contributed by atoms with Gasteiger partial charge >= 0.3 is 0 Å². The van der Waals surface area contributed by atoms with Crippen LogP contribution in [0, 0.1) is 13.8 Å². The number of carbonyl (C=O) groups excluding carboxylic acids is 1. The van der Waals surface area contributed by atoms with Gasteiger partial charge in [0.05, 0.1) is 18.1 Å². The number of hydrogen-bond acceptors (Lipinski definition) is 5. The van der Waals surface area contributed by atoms with Gasteiger partial charge in [0.25, 0.3) is 5.91 Å². The molecule has 0 unspecified atom stereocenters. The van der Waals surface area contributed by atoms with Crippen LogP contribution in [-0.2, 0) is 21.2 Å². The number of ether oxygens (including phenoxy) is 1. The van der Waals surface area contributed by atoms with Crippen molar-refractivity contribution in [3.63, 3.8) is 0 Å². The zero-order valence-corrected chi connectivity index (χ0v) is 17.7. The lowest BCUT2D eigenvalue weighted by Crippen LogP contribution is -2.42. The first-order chi connectivity index (χ1) is 12.7. The molecule has 0 aliphatic carbocycles. The molecule has 1 fully saturated rings. The van der Waals surface area contributed by atoms with Crippen molar-refractivity contribution in [3.05, 3.63) is 50.7 Å². The van der Waals surface area contributed by atoms with E-state index in [2.05, 4.69) is 0 Å². The molecule has 0 N–H and O–H groups in total. The average molecular weight is 428 g/mol. The zero-order chi connectivity index (χ0) is 19.6. The highest BCUT2D eigenvalue weighted by Crippen LogP contribution is 2.26. The maximum atomic E-state index is 12.9. The number of aryl methyl sites for hydroxylation is 2. The molecule has 0 spiro atoms. The van der Waals surface area contributed by atoms with Gasteiger partial charge in [0, 0.05) is 15.9 Å². The number of amides is 1. The first-order valence-corrected chi connectivity index (χ1v) is 11.7. The van der Waals surface area contributed by atoms with Crippen LogP contribution in [0.25, 0.3) is 0 Å². The quantitative estimate of drug-likeness (QED) is 0.706. The van der Waals surface area contributed by atoms with E-state index in [1.165, 1.54) is 0 Å². The van der Waals surface area contributed by atoms with E-state index >= 15 is 0 Å². The van der Waals surface area contributed by atoms with E-state index in [0.717, 1.165) is 16.0 Å². The highest BCUT2D eigenvalue weighted by molar-refractivity contribution is 7.91. The molecule has 5 nitrogen and oxygen atoms in total.